The van der Waals surface area contributed by atoms with E-state index in [-0.39, 0.29) is 28.9 Å². The fraction of sp³-hybridized carbons (Fsp3) is 0.316. The van der Waals surface area contributed by atoms with Crippen LogP contribution in [0.4, 0.5) is 0 Å². The standard InChI is InChI=1S/C19H21ClN2O4S/c1-26-14-15-6-8-16(9-7-15)19(23)21-10-12-22(13-11-21)27(24,25)18-5-3-2-4-17(18)20/h2-9H,10-14H2,1H3. The number of halogens is 1. The van der Waals surface area contributed by atoms with Crippen LogP contribution in [0.15, 0.2) is 53.4 Å². The van der Waals surface area contributed by atoms with Gasteiger partial charge in [0.05, 0.1) is 11.6 Å². The second-order valence-corrected chi connectivity index (χ2v) is 8.57. The van der Waals surface area contributed by atoms with Crippen LogP contribution in [-0.4, -0.2) is 56.8 Å². The monoisotopic (exact) mass is 408 g/mol. The molecule has 0 saturated carbocycles. The highest BCUT2D eigenvalue weighted by Crippen LogP contribution is 2.25. The van der Waals surface area contributed by atoms with Crippen LogP contribution in [0.5, 0.6) is 0 Å². The van der Waals surface area contributed by atoms with Crippen LogP contribution in [0.1, 0.15) is 15.9 Å². The first-order chi connectivity index (χ1) is 12.9. The predicted molar refractivity (Wildman–Crippen MR) is 103 cm³/mol. The highest BCUT2D eigenvalue weighted by molar-refractivity contribution is 7.89. The van der Waals surface area contributed by atoms with Gasteiger partial charge in [0.25, 0.3) is 5.91 Å². The zero-order valence-electron chi connectivity index (χ0n) is 15.0. The van der Waals surface area contributed by atoms with Gasteiger partial charge in [-0.1, -0.05) is 35.9 Å². The minimum Gasteiger partial charge on any atom is -0.380 e. The van der Waals surface area contributed by atoms with E-state index in [0.717, 1.165) is 5.56 Å². The molecule has 1 aliphatic rings. The zero-order chi connectivity index (χ0) is 19.4. The average molecular weight is 409 g/mol. The Bertz CT molecular complexity index is 908. The Morgan fingerprint density at radius 3 is 2.26 bits per heavy atom. The first-order valence-corrected chi connectivity index (χ1v) is 10.4. The van der Waals surface area contributed by atoms with Gasteiger partial charge in [-0.25, -0.2) is 8.42 Å². The van der Waals surface area contributed by atoms with Crippen molar-refractivity contribution in [2.24, 2.45) is 0 Å². The molecule has 0 N–H and O–H groups in total. The van der Waals surface area contributed by atoms with Crippen molar-refractivity contribution in [3.8, 4) is 0 Å². The lowest BCUT2D eigenvalue weighted by Crippen LogP contribution is -2.50. The molecule has 0 unspecified atom stereocenters. The normalized spacial score (nSPS) is 15.7. The summed E-state index contributed by atoms with van der Waals surface area (Å²) >= 11 is 6.04. The number of ether oxygens (including phenoxy) is 1. The van der Waals surface area contributed by atoms with E-state index in [1.807, 2.05) is 12.1 Å². The predicted octanol–water partition coefficient (Wildman–Crippen LogP) is 2.63. The van der Waals surface area contributed by atoms with Crippen LogP contribution in [0, 0.1) is 0 Å². The summed E-state index contributed by atoms with van der Waals surface area (Å²) in [6.45, 7) is 1.64. The summed E-state index contributed by atoms with van der Waals surface area (Å²) < 4.78 is 32.0. The van der Waals surface area contributed by atoms with Crippen molar-refractivity contribution in [2.75, 3.05) is 33.3 Å². The molecule has 3 rings (SSSR count). The van der Waals surface area contributed by atoms with Gasteiger partial charge in [-0.2, -0.15) is 4.31 Å². The van der Waals surface area contributed by atoms with Crippen molar-refractivity contribution in [1.29, 1.82) is 0 Å². The molecule has 2 aromatic carbocycles. The molecule has 144 valence electrons. The molecular formula is C19H21ClN2O4S. The van der Waals surface area contributed by atoms with Crippen molar-refractivity contribution in [3.63, 3.8) is 0 Å². The van der Waals surface area contributed by atoms with E-state index in [9.17, 15) is 13.2 Å². The fourth-order valence-electron chi connectivity index (χ4n) is 3.02. The summed E-state index contributed by atoms with van der Waals surface area (Å²) in [5, 5.41) is 0.201. The average Bonchev–Trinajstić information content (AvgIpc) is 2.68. The van der Waals surface area contributed by atoms with E-state index in [4.69, 9.17) is 16.3 Å². The van der Waals surface area contributed by atoms with E-state index in [0.29, 0.717) is 25.3 Å². The van der Waals surface area contributed by atoms with Gasteiger partial charge >= 0.3 is 0 Å². The molecule has 2 aromatic rings. The minimum absolute atomic E-state index is 0.0974. The van der Waals surface area contributed by atoms with Gasteiger partial charge in [-0.3, -0.25) is 4.79 Å². The Hall–Kier alpha value is -1.93. The number of sulfonamides is 1. The highest BCUT2D eigenvalue weighted by Gasteiger charge is 2.31. The Morgan fingerprint density at radius 2 is 1.67 bits per heavy atom. The molecule has 6 nitrogen and oxygen atoms in total. The molecular weight excluding hydrogens is 388 g/mol. The van der Waals surface area contributed by atoms with Gasteiger partial charge < -0.3 is 9.64 Å². The highest BCUT2D eigenvalue weighted by atomic mass is 35.5. The van der Waals surface area contributed by atoms with Gasteiger partial charge in [0.2, 0.25) is 10.0 Å². The number of carbonyl (C=O) groups excluding carboxylic acids is 1. The maximum absolute atomic E-state index is 12.8. The summed E-state index contributed by atoms with van der Waals surface area (Å²) in [5.74, 6) is -0.103. The lowest BCUT2D eigenvalue weighted by atomic mass is 10.1. The van der Waals surface area contributed by atoms with Gasteiger partial charge in [-0.05, 0) is 29.8 Å². The smallest absolute Gasteiger partial charge is 0.253 e. The minimum atomic E-state index is -3.67. The molecule has 1 fully saturated rings. The summed E-state index contributed by atoms with van der Waals surface area (Å²) in [6, 6.07) is 13.6. The number of hydrogen-bond donors (Lipinski definition) is 0. The molecule has 27 heavy (non-hydrogen) atoms. The molecule has 1 heterocycles. The van der Waals surface area contributed by atoms with Crippen molar-refractivity contribution in [3.05, 3.63) is 64.7 Å². The van der Waals surface area contributed by atoms with Crippen LogP contribution in [-0.2, 0) is 21.4 Å². The number of amides is 1. The fourth-order valence-corrected chi connectivity index (χ4v) is 4.93. The molecule has 0 aromatic heterocycles. The second-order valence-electron chi connectivity index (χ2n) is 6.26. The van der Waals surface area contributed by atoms with Crippen molar-refractivity contribution >= 4 is 27.5 Å². The number of rotatable bonds is 5. The Balaban J connectivity index is 1.66. The van der Waals surface area contributed by atoms with Crippen LogP contribution < -0.4 is 0 Å². The SMILES string of the molecule is COCc1ccc(C(=O)N2CCN(S(=O)(=O)c3ccccc3Cl)CC2)cc1. The number of carbonyl (C=O) groups is 1. The van der Waals surface area contributed by atoms with E-state index in [1.54, 1.807) is 42.3 Å². The van der Waals surface area contributed by atoms with Gasteiger partial charge in [0.15, 0.2) is 0 Å². The lowest BCUT2D eigenvalue weighted by molar-refractivity contribution is 0.0698. The Kier molecular flexibility index (Phi) is 6.16. The molecule has 1 aliphatic heterocycles. The maximum Gasteiger partial charge on any atom is 0.253 e. The molecule has 1 saturated heterocycles. The zero-order valence-corrected chi connectivity index (χ0v) is 16.5. The summed E-state index contributed by atoms with van der Waals surface area (Å²) in [5.41, 5.74) is 1.57. The molecule has 8 heteroatoms. The lowest BCUT2D eigenvalue weighted by Gasteiger charge is -2.34. The molecule has 0 atom stereocenters. The largest absolute Gasteiger partial charge is 0.380 e. The van der Waals surface area contributed by atoms with Crippen LogP contribution >= 0.6 is 11.6 Å². The maximum atomic E-state index is 12.8. The number of nitrogens with zero attached hydrogens (tertiary/aromatic N) is 2. The third-order valence-electron chi connectivity index (χ3n) is 4.49. The van der Waals surface area contributed by atoms with Crippen molar-refractivity contribution < 1.29 is 17.9 Å². The third-order valence-corrected chi connectivity index (χ3v) is 6.89. The summed E-state index contributed by atoms with van der Waals surface area (Å²) in [4.78, 5) is 14.4. The summed E-state index contributed by atoms with van der Waals surface area (Å²) in [7, 11) is -2.05. The third kappa shape index (κ3) is 4.32. The molecule has 1 amide bonds. The van der Waals surface area contributed by atoms with Crippen LogP contribution in [0.3, 0.4) is 0 Å². The number of piperazine rings is 1. The first kappa shape index (κ1) is 19.8. The first-order valence-electron chi connectivity index (χ1n) is 8.55. The topological polar surface area (TPSA) is 66.9 Å². The number of hydrogen-bond acceptors (Lipinski definition) is 4. The van der Waals surface area contributed by atoms with Gasteiger partial charge in [0.1, 0.15) is 4.90 Å². The van der Waals surface area contributed by atoms with E-state index in [1.165, 1.54) is 10.4 Å². The van der Waals surface area contributed by atoms with Crippen molar-refractivity contribution in [2.45, 2.75) is 11.5 Å². The van der Waals surface area contributed by atoms with E-state index >= 15 is 0 Å². The summed E-state index contributed by atoms with van der Waals surface area (Å²) in [6.07, 6.45) is 0. The van der Waals surface area contributed by atoms with Crippen LogP contribution in [0.2, 0.25) is 5.02 Å². The quantitative estimate of drug-likeness (QED) is 0.762. The molecule has 0 bridgehead atoms. The van der Waals surface area contributed by atoms with E-state index < -0.39 is 10.0 Å². The number of benzene rings is 2. The second kappa shape index (κ2) is 8.39. The van der Waals surface area contributed by atoms with Crippen LogP contribution in [0.25, 0.3) is 0 Å². The Morgan fingerprint density at radius 1 is 1.04 bits per heavy atom. The number of methoxy groups -OCH3 is 1. The van der Waals surface area contributed by atoms with Gasteiger partial charge in [-0.15, -0.1) is 0 Å². The van der Waals surface area contributed by atoms with Crippen molar-refractivity contribution in [1.82, 2.24) is 9.21 Å². The Labute approximate surface area is 164 Å². The molecule has 0 spiro atoms. The van der Waals surface area contributed by atoms with E-state index in [2.05, 4.69) is 0 Å². The molecule has 0 radical (unpaired) electrons. The van der Waals surface area contributed by atoms with Gasteiger partial charge in [0, 0.05) is 38.9 Å². The molecule has 0 aliphatic carbocycles.